The Bertz CT molecular complexity index is 1220. The van der Waals surface area contributed by atoms with Crippen LogP contribution >= 0.6 is 22.7 Å². The summed E-state index contributed by atoms with van der Waals surface area (Å²) < 4.78 is 8.28. The normalized spacial score (nSPS) is 16.8. The molecular weight excluding hydrogens is 432 g/mol. The van der Waals surface area contributed by atoms with Gasteiger partial charge in [-0.2, -0.15) is 5.10 Å². The molecule has 31 heavy (non-hydrogen) atoms. The molecule has 4 aromatic rings. The third-order valence-corrected chi connectivity index (χ3v) is 8.04. The summed E-state index contributed by atoms with van der Waals surface area (Å²) in [7, 11) is 1.85. The molecule has 4 heterocycles. The van der Waals surface area contributed by atoms with Crippen LogP contribution in [0.1, 0.15) is 39.1 Å². The molecule has 0 saturated carbocycles. The largest absolute Gasteiger partial charge is 0.451 e. The molecule has 0 bridgehead atoms. The third kappa shape index (κ3) is 3.83. The first-order valence-electron chi connectivity index (χ1n) is 10.2. The van der Waals surface area contributed by atoms with E-state index in [0.717, 1.165) is 39.3 Å². The first-order valence-corrected chi connectivity index (χ1v) is 11.9. The first-order chi connectivity index (χ1) is 15.0. The number of aromatic nitrogens is 3. The highest BCUT2D eigenvalue weighted by atomic mass is 32.1. The minimum absolute atomic E-state index is 0.155. The van der Waals surface area contributed by atoms with Crippen LogP contribution in [0, 0.1) is 6.92 Å². The number of benzene rings is 1. The number of hydrogen-bond donors (Lipinski definition) is 0. The van der Waals surface area contributed by atoms with E-state index in [4.69, 9.17) is 9.72 Å². The van der Waals surface area contributed by atoms with Crippen molar-refractivity contribution >= 4 is 55.0 Å². The van der Waals surface area contributed by atoms with E-state index < -0.39 is 5.97 Å². The molecule has 1 saturated heterocycles. The molecule has 1 atom stereocenters. The fourth-order valence-electron chi connectivity index (χ4n) is 4.07. The van der Waals surface area contributed by atoms with Crippen molar-refractivity contribution in [2.45, 2.75) is 25.7 Å². The van der Waals surface area contributed by atoms with Crippen molar-refractivity contribution < 1.29 is 14.3 Å². The van der Waals surface area contributed by atoms with Gasteiger partial charge in [0.15, 0.2) is 6.61 Å². The van der Waals surface area contributed by atoms with Crippen LogP contribution in [0.4, 0.5) is 0 Å². The van der Waals surface area contributed by atoms with Crippen molar-refractivity contribution in [1.82, 2.24) is 19.7 Å². The number of carbonyl (C=O) groups excluding carboxylic acids is 2. The number of fused-ring (bicyclic) bond motifs is 2. The van der Waals surface area contributed by atoms with Gasteiger partial charge in [-0.1, -0.05) is 12.1 Å². The number of hydrogen-bond acceptors (Lipinski definition) is 7. The van der Waals surface area contributed by atoms with Gasteiger partial charge in [0.2, 0.25) is 0 Å². The van der Waals surface area contributed by atoms with Gasteiger partial charge in [-0.15, -0.1) is 22.7 Å². The molecule has 1 amide bonds. The minimum Gasteiger partial charge on any atom is -0.451 e. The Hall–Kier alpha value is -2.78. The van der Waals surface area contributed by atoms with Crippen LogP contribution in [0.25, 0.3) is 20.4 Å². The summed E-state index contributed by atoms with van der Waals surface area (Å²) >= 11 is 3.03. The van der Waals surface area contributed by atoms with Gasteiger partial charge in [-0.25, -0.2) is 9.78 Å². The molecule has 1 aliphatic rings. The minimum atomic E-state index is -0.464. The second-order valence-electron chi connectivity index (χ2n) is 7.81. The van der Waals surface area contributed by atoms with Crippen molar-refractivity contribution in [3.63, 3.8) is 0 Å². The maximum absolute atomic E-state index is 12.7. The molecule has 160 valence electrons. The Labute approximate surface area is 187 Å². The predicted octanol–water partition coefficient (Wildman–Crippen LogP) is 4.12. The molecule has 7 nitrogen and oxygen atoms in total. The number of amides is 1. The molecule has 1 fully saturated rings. The van der Waals surface area contributed by atoms with Crippen LogP contribution in [0.2, 0.25) is 0 Å². The van der Waals surface area contributed by atoms with Gasteiger partial charge in [0.1, 0.15) is 9.71 Å². The monoisotopic (exact) mass is 454 g/mol. The second-order valence-corrected chi connectivity index (χ2v) is 9.91. The lowest BCUT2D eigenvalue weighted by Crippen LogP contribution is -2.41. The van der Waals surface area contributed by atoms with E-state index in [9.17, 15) is 9.59 Å². The van der Waals surface area contributed by atoms with Crippen molar-refractivity contribution in [1.29, 1.82) is 0 Å². The fraction of sp³-hybridized carbons (Fsp3) is 0.364. The summed E-state index contributed by atoms with van der Waals surface area (Å²) in [6, 6.07) is 9.90. The topological polar surface area (TPSA) is 77.3 Å². The molecule has 0 aliphatic carbocycles. The van der Waals surface area contributed by atoms with E-state index in [1.807, 2.05) is 32.2 Å². The van der Waals surface area contributed by atoms with Crippen LogP contribution in [0.3, 0.4) is 0 Å². The fourth-order valence-corrected chi connectivity index (χ4v) is 6.18. The van der Waals surface area contributed by atoms with Crippen molar-refractivity contribution in [2.24, 2.45) is 7.05 Å². The summed E-state index contributed by atoms with van der Waals surface area (Å²) in [5, 5.41) is 6.36. The third-order valence-electron chi connectivity index (χ3n) is 5.66. The zero-order valence-corrected chi connectivity index (χ0v) is 19.0. The summed E-state index contributed by atoms with van der Waals surface area (Å²) in [4.78, 5) is 33.2. The Balaban J connectivity index is 1.22. The van der Waals surface area contributed by atoms with Gasteiger partial charge in [0.05, 0.1) is 20.9 Å². The highest BCUT2D eigenvalue weighted by Crippen LogP contribution is 2.33. The van der Waals surface area contributed by atoms with E-state index in [-0.39, 0.29) is 18.4 Å². The number of thiophene rings is 1. The highest BCUT2D eigenvalue weighted by Gasteiger charge is 2.28. The molecule has 1 unspecified atom stereocenters. The second kappa shape index (κ2) is 8.05. The number of esters is 1. The first kappa shape index (κ1) is 20.1. The zero-order chi connectivity index (χ0) is 21.5. The summed E-state index contributed by atoms with van der Waals surface area (Å²) in [6.07, 6.45) is 1.93. The average Bonchev–Trinajstić information content (AvgIpc) is 3.47. The number of carbonyl (C=O) groups is 2. The van der Waals surface area contributed by atoms with E-state index in [1.54, 1.807) is 27.0 Å². The van der Waals surface area contributed by atoms with Crippen molar-refractivity contribution in [3.05, 3.63) is 45.9 Å². The van der Waals surface area contributed by atoms with Crippen LogP contribution in [-0.2, 0) is 16.6 Å². The van der Waals surface area contributed by atoms with Gasteiger partial charge in [-0.05, 0) is 38.0 Å². The van der Waals surface area contributed by atoms with Crippen molar-refractivity contribution in [2.75, 3.05) is 19.7 Å². The standard InChI is InChI=1S/C22H22N4O3S2/c1-13-15-10-18(31-21(15)25(2)24-13)22(28)29-12-19(27)26-9-5-6-14(11-26)20-23-16-7-3-4-8-17(16)30-20/h3-4,7-8,10,14H,5-6,9,11-12H2,1-2H3. The zero-order valence-electron chi connectivity index (χ0n) is 17.3. The smallest absolute Gasteiger partial charge is 0.348 e. The average molecular weight is 455 g/mol. The Morgan fingerprint density at radius 2 is 2.10 bits per heavy atom. The molecule has 1 aliphatic heterocycles. The number of piperidine rings is 1. The summed E-state index contributed by atoms with van der Waals surface area (Å²) in [6.45, 7) is 2.97. The van der Waals surface area contributed by atoms with E-state index >= 15 is 0 Å². The Kier molecular flexibility index (Phi) is 5.23. The van der Waals surface area contributed by atoms with E-state index in [2.05, 4.69) is 11.2 Å². The van der Waals surface area contributed by atoms with E-state index in [0.29, 0.717) is 18.0 Å². The Morgan fingerprint density at radius 3 is 2.90 bits per heavy atom. The lowest BCUT2D eigenvalue weighted by atomic mass is 9.99. The lowest BCUT2D eigenvalue weighted by molar-refractivity contribution is -0.135. The maximum Gasteiger partial charge on any atom is 0.348 e. The number of rotatable bonds is 4. The van der Waals surface area contributed by atoms with Crippen LogP contribution in [0.15, 0.2) is 30.3 Å². The summed E-state index contributed by atoms with van der Waals surface area (Å²) in [5.41, 5.74) is 1.88. The van der Waals surface area contributed by atoms with Crippen LogP contribution in [-0.4, -0.2) is 51.2 Å². The van der Waals surface area contributed by atoms with Gasteiger partial charge in [0.25, 0.3) is 5.91 Å². The van der Waals surface area contributed by atoms with Gasteiger partial charge >= 0.3 is 5.97 Å². The number of para-hydroxylation sites is 1. The maximum atomic E-state index is 12.7. The highest BCUT2D eigenvalue weighted by molar-refractivity contribution is 7.20. The molecule has 5 rings (SSSR count). The van der Waals surface area contributed by atoms with Crippen LogP contribution in [0.5, 0.6) is 0 Å². The summed E-state index contributed by atoms with van der Waals surface area (Å²) in [5.74, 6) is -0.393. The molecule has 1 aromatic carbocycles. The molecule has 9 heteroatoms. The predicted molar refractivity (Wildman–Crippen MR) is 122 cm³/mol. The number of aryl methyl sites for hydroxylation is 2. The van der Waals surface area contributed by atoms with Crippen LogP contribution < -0.4 is 0 Å². The quantitative estimate of drug-likeness (QED) is 0.434. The molecule has 3 aromatic heterocycles. The Morgan fingerprint density at radius 1 is 1.26 bits per heavy atom. The molecule has 0 spiro atoms. The molecule has 0 N–H and O–H groups in total. The molecule has 0 radical (unpaired) electrons. The number of thiazole rings is 1. The lowest BCUT2D eigenvalue weighted by Gasteiger charge is -2.31. The molecular formula is C22H22N4O3S2. The van der Waals surface area contributed by atoms with Gasteiger partial charge in [-0.3, -0.25) is 9.48 Å². The SMILES string of the molecule is Cc1nn(C)c2sc(C(=O)OCC(=O)N3CCCC(c4nc5ccccc5s4)C3)cc12. The number of likely N-dealkylation sites (tertiary alicyclic amines) is 1. The number of nitrogens with zero attached hydrogens (tertiary/aromatic N) is 4. The van der Waals surface area contributed by atoms with Gasteiger partial charge in [0, 0.05) is 31.4 Å². The van der Waals surface area contributed by atoms with Crippen molar-refractivity contribution in [3.8, 4) is 0 Å². The number of ether oxygens (including phenoxy) is 1. The van der Waals surface area contributed by atoms with Gasteiger partial charge < -0.3 is 9.64 Å². The van der Waals surface area contributed by atoms with E-state index in [1.165, 1.54) is 16.0 Å².